The van der Waals surface area contributed by atoms with Crippen molar-refractivity contribution >= 4 is 11.6 Å². The molecule has 0 radical (unpaired) electrons. The molecule has 1 amide bonds. The van der Waals surface area contributed by atoms with Gasteiger partial charge in [-0.3, -0.25) is 9.78 Å². The second-order valence-corrected chi connectivity index (χ2v) is 7.44. The fourth-order valence-electron chi connectivity index (χ4n) is 4.07. The number of piperidine rings is 1. The molecule has 7 nitrogen and oxygen atoms in total. The average molecular weight is 355 g/mol. The molecule has 2 saturated heterocycles. The van der Waals surface area contributed by atoms with Crippen LogP contribution in [0.3, 0.4) is 0 Å². The minimum Gasteiger partial charge on any atom is -0.379 e. The summed E-state index contributed by atoms with van der Waals surface area (Å²) in [5, 5.41) is 0. The zero-order chi connectivity index (χ0) is 18.0. The quantitative estimate of drug-likeness (QED) is 0.818. The zero-order valence-electron chi connectivity index (χ0n) is 15.2. The Balaban J connectivity index is 1.53. The maximum absolute atomic E-state index is 12.9. The third kappa shape index (κ3) is 3.44. The lowest BCUT2D eigenvalue weighted by Crippen LogP contribution is -2.52. The first kappa shape index (κ1) is 17.0. The van der Waals surface area contributed by atoms with Gasteiger partial charge < -0.3 is 19.1 Å². The number of carbonyl (C=O) groups is 1. The molecule has 0 N–H and O–H groups in total. The van der Waals surface area contributed by atoms with Gasteiger partial charge in [-0.1, -0.05) is 0 Å². The van der Waals surface area contributed by atoms with Gasteiger partial charge >= 0.3 is 0 Å². The van der Waals surface area contributed by atoms with E-state index in [-0.39, 0.29) is 11.3 Å². The van der Waals surface area contributed by atoms with Crippen LogP contribution in [0.4, 0.5) is 5.69 Å². The molecule has 2 aliphatic heterocycles. The first-order valence-corrected chi connectivity index (χ1v) is 9.15. The molecule has 2 aromatic heterocycles. The highest BCUT2D eigenvalue weighted by Gasteiger charge is 2.40. The Morgan fingerprint density at radius 2 is 2.23 bits per heavy atom. The molecule has 1 unspecified atom stereocenters. The fraction of sp³-hybridized carbons (Fsp3) is 0.526. The van der Waals surface area contributed by atoms with E-state index in [1.807, 2.05) is 28.8 Å². The number of hydrogen-bond acceptors (Lipinski definition) is 5. The van der Waals surface area contributed by atoms with Crippen LogP contribution in [0.25, 0.3) is 0 Å². The van der Waals surface area contributed by atoms with Crippen LogP contribution in [0.1, 0.15) is 23.3 Å². The molecule has 0 aromatic carbocycles. The van der Waals surface area contributed by atoms with Gasteiger partial charge in [0.25, 0.3) is 5.91 Å². The average Bonchev–Trinajstić information content (AvgIpc) is 3.00. The van der Waals surface area contributed by atoms with E-state index in [9.17, 15) is 4.79 Å². The van der Waals surface area contributed by atoms with Gasteiger partial charge in [0, 0.05) is 51.0 Å². The number of nitrogens with zero attached hydrogens (tertiary/aromatic N) is 5. The summed E-state index contributed by atoms with van der Waals surface area (Å²) in [5.41, 5.74) is 1.59. The summed E-state index contributed by atoms with van der Waals surface area (Å²) in [6.07, 6.45) is 9.21. The molecule has 1 spiro atoms. The first-order chi connectivity index (χ1) is 12.7. The number of aryl methyl sites for hydroxylation is 1. The van der Waals surface area contributed by atoms with Crippen molar-refractivity contribution in [2.45, 2.75) is 12.8 Å². The minimum atomic E-state index is -0.0466. The second kappa shape index (κ2) is 7.07. The van der Waals surface area contributed by atoms with E-state index in [1.54, 1.807) is 18.7 Å². The summed E-state index contributed by atoms with van der Waals surface area (Å²) in [6.45, 7) is 4.61. The molecule has 1 atom stereocenters. The van der Waals surface area contributed by atoms with Crippen LogP contribution in [0, 0.1) is 5.41 Å². The number of hydrogen-bond donors (Lipinski definition) is 0. The summed E-state index contributed by atoms with van der Waals surface area (Å²) in [5.74, 6) is 0.0156. The Morgan fingerprint density at radius 3 is 3.00 bits per heavy atom. The lowest BCUT2D eigenvalue weighted by molar-refractivity contribution is 0.0133. The SMILES string of the molecule is Cn1cnc(C(=O)N2CCCC3(COCCN(c4cccnc4)C3)C2)c1. The highest BCUT2D eigenvalue weighted by molar-refractivity contribution is 5.92. The highest BCUT2D eigenvalue weighted by atomic mass is 16.5. The number of pyridine rings is 1. The minimum absolute atomic E-state index is 0.0156. The summed E-state index contributed by atoms with van der Waals surface area (Å²) >= 11 is 0. The highest BCUT2D eigenvalue weighted by Crippen LogP contribution is 2.34. The Bertz CT molecular complexity index is 762. The molecule has 4 heterocycles. The van der Waals surface area contributed by atoms with Gasteiger partial charge in [-0.15, -0.1) is 0 Å². The van der Waals surface area contributed by atoms with E-state index in [0.29, 0.717) is 25.5 Å². The van der Waals surface area contributed by atoms with E-state index in [1.165, 1.54) is 0 Å². The van der Waals surface area contributed by atoms with Crippen LogP contribution >= 0.6 is 0 Å². The van der Waals surface area contributed by atoms with Crippen LogP contribution < -0.4 is 4.90 Å². The van der Waals surface area contributed by atoms with Crippen molar-refractivity contribution in [3.8, 4) is 0 Å². The topological polar surface area (TPSA) is 63.5 Å². The van der Waals surface area contributed by atoms with Crippen LogP contribution in [-0.4, -0.2) is 64.7 Å². The van der Waals surface area contributed by atoms with E-state index in [0.717, 1.165) is 38.2 Å². The van der Waals surface area contributed by atoms with Gasteiger partial charge in [0.05, 0.1) is 31.4 Å². The predicted octanol–water partition coefficient (Wildman–Crippen LogP) is 1.57. The van der Waals surface area contributed by atoms with Gasteiger partial charge in [0.2, 0.25) is 0 Å². The van der Waals surface area contributed by atoms with E-state index in [4.69, 9.17) is 4.74 Å². The molecule has 4 rings (SSSR count). The smallest absolute Gasteiger partial charge is 0.274 e. The molecular weight excluding hydrogens is 330 g/mol. The Labute approximate surface area is 153 Å². The molecule has 138 valence electrons. The van der Waals surface area contributed by atoms with Gasteiger partial charge in [-0.05, 0) is 25.0 Å². The van der Waals surface area contributed by atoms with E-state index in [2.05, 4.69) is 20.9 Å². The van der Waals surface area contributed by atoms with Crippen molar-refractivity contribution in [2.75, 3.05) is 44.3 Å². The van der Waals surface area contributed by atoms with Crippen LogP contribution in [0.15, 0.2) is 37.1 Å². The molecule has 0 aliphatic carbocycles. The lowest BCUT2D eigenvalue weighted by Gasteiger charge is -2.43. The monoisotopic (exact) mass is 355 g/mol. The number of imidazole rings is 1. The Morgan fingerprint density at radius 1 is 1.31 bits per heavy atom. The number of amides is 1. The number of carbonyl (C=O) groups excluding carboxylic acids is 1. The predicted molar refractivity (Wildman–Crippen MR) is 98.0 cm³/mol. The molecule has 2 aliphatic rings. The second-order valence-electron chi connectivity index (χ2n) is 7.44. The third-order valence-corrected chi connectivity index (χ3v) is 5.32. The Kier molecular flexibility index (Phi) is 4.63. The largest absolute Gasteiger partial charge is 0.379 e. The maximum Gasteiger partial charge on any atom is 0.274 e. The zero-order valence-corrected chi connectivity index (χ0v) is 15.2. The number of likely N-dealkylation sites (tertiary alicyclic amines) is 1. The van der Waals surface area contributed by atoms with Gasteiger partial charge in [-0.25, -0.2) is 4.98 Å². The molecule has 7 heteroatoms. The summed E-state index contributed by atoms with van der Waals surface area (Å²) in [7, 11) is 1.88. The Hall–Kier alpha value is -2.41. The first-order valence-electron chi connectivity index (χ1n) is 9.15. The van der Waals surface area contributed by atoms with Crippen molar-refractivity contribution in [1.29, 1.82) is 0 Å². The summed E-state index contributed by atoms with van der Waals surface area (Å²) in [4.78, 5) is 25.6. The molecule has 0 saturated carbocycles. The van der Waals surface area contributed by atoms with Crippen molar-refractivity contribution in [3.05, 3.63) is 42.7 Å². The van der Waals surface area contributed by atoms with E-state index < -0.39 is 0 Å². The molecule has 2 aromatic rings. The lowest BCUT2D eigenvalue weighted by atomic mass is 9.80. The maximum atomic E-state index is 12.9. The fourth-order valence-corrected chi connectivity index (χ4v) is 4.07. The number of rotatable bonds is 2. The van der Waals surface area contributed by atoms with Crippen molar-refractivity contribution in [2.24, 2.45) is 12.5 Å². The molecule has 0 bridgehead atoms. The van der Waals surface area contributed by atoms with Gasteiger partial charge in [-0.2, -0.15) is 0 Å². The molecule has 26 heavy (non-hydrogen) atoms. The molecular formula is C19H25N5O2. The third-order valence-electron chi connectivity index (χ3n) is 5.32. The van der Waals surface area contributed by atoms with Gasteiger partial charge in [0.1, 0.15) is 5.69 Å². The van der Waals surface area contributed by atoms with Crippen LogP contribution in [-0.2, 0) is 11.8 Å². The van der Waals surface area contributed by atoms with E-state index >= 15 is 0 Å². The molecule has 2 fully saturated rings. The van der Waals surface area contributed by atoms with Crippen LogP contribution in [0.5, 0.6) is 0 Å². The number of anilines is 1. The van der Waals surface area contributed by atoms with Gasteiger partial charge in [0.15, 0.2) is 0 Å². The summed E-state index contributed by atoms with van der Waals surface area (Å²) < 4.78 is 7.77. The summed E-state index contributed by atoms with van der Waals surface area (Å²) in [6, 6.07) is 4.05. The normalized spacial score (nSPS) is 23.9. The van der Waals surface area contributed by atoms with Crippen molar-refractivity contribution in [1.82, 2.24) is 19.4 Å². The number of ether oxygens (including phenoxy) is 1. The standard InChI is InChI=1S/C19H25N5O2/c1-22-11-17(21-15-22)18(25)24-7-3-5-19(13-24)12-23(8-9-26-14-19)16-4-2-6-20-10-16/h2,4,6,10-11,15H,3,5,7-9,12-14H2,1H3. The van der Waals surface area contributed by atoms with Crippen LogP contribution in [0.2, 0.25) is 0 Å². The number of aromatic nitrogens is 3. The van der Waals surface area contributed by atoms with Crippen molar-refractivity contribution < 1.29 is 9.53 Å². The van der Waals surface area contributed by atoms with Crippen molar-refractivity contribution in [3.63, 3.8) is 0 Å².